The molecule has 0 bridgehead atoms. The van der Waals surface area contributed by atoms with Crippen LogP contribution in [0.1, 0.15) is 53.4 Å². The molecule has 0 aromatic carbocycles. The van der Waals surface area contributed by atoms with E-state index in [1.165, 1.54) is 25.7 Å². The van der Waals surface area contributed by atoms with Gasteiger partial charge in [0.1, 0.15) is 0 Å². The molecule has 0 amide bonds. The van der Waals surface area contributed by atoms with E-state index in [0.717, 1.165) is 18.3 Å². The van der Waals surface area contributed by atoms with E-state index < -0.39 is 0 Å². The summed E-state index contributed by atoms with van der Waals surface area (Å²) in [7, 11) is 0. The maximum atomic E-state index is 7.74. The zero-order valence-corrected chi connectivity index (χ0v) is 10.1. The van der Waals surface area contributed by atoms with Crippen LogP contribution in [0.5, 0.6) is 0 Å². The van der Waals surface area contributed by atoms with Crippen LogP contribution in [0.4, 0.5) is 0 Å². The smallest absolute Gasteiger partial charge is 0.0930 e. The normalized spacial score (nSPS) is 25.4. The highest BCUT2D eigenvalue weighted by molar-refractivity contribution is 5.77. The fraction of sp³-hybridized carbons (Fsp3) is 0.917. The summed E-state index contributed by atoms with van der Waals surface area (Å²) < 4.78 is 0. The van der Waals surface area contributed by atoms with Gasteiger partial charge in [0.25, 0.3) is 0 Å². The van der Waals surface area contributed by atoms with Gasteiger partial charge in [-0.1, -0.05) is 19.8 Å². The number of unbranched alkanes of at least 4 members (excludes halogenated alkanes) is 1. The predicted octanol–water partition coefficient (Wildman–Crippen LogP) is 3.27. The first-order valence-electron chi connectivity index (χ1n) is 5.80. The van der Waals surface area contributed by atoms with Crippen LogP contribution in [0.2, 0.25) is 0 Å². The fourth-order valence-corrected chi connectivity index (χ4v) is 2.66. The Balaban J connectivity index is 2.53. The number of nitrogens with one attached hydrogen (secondary N) is 1. The summed E-state index contributed by atoms with van der Waals surface area (Å²) in [6, 6.07) is 0. The third-order valence-corrected chi connectivity index (χ3v) is 3.33. The Morgan fingerprint density at radius 1 is 1.50 bits per heavy atom. The van der Waals surface area contributed by atoms with Crippen LogP contribution in [0.15, 0.2) is 0 Å². The van der Waals surface area contributed by atoms with Crippen molar-refractivity contribution in [3.05, 3.63) is 0 Å². The van der Waals surface area contributed by atoms with Gasteiger partial charge in [0.05, 0.1) is 5.84 Å². The van der Waals surface area contributed by atoms with Crippen LogP contribution < -0.4 is 0 Å². The standard InChI is InChI=1S/C12H24N2/c1-5-6-7-11-8-12(3,4)14(9-11)10(2)13/h11,13H,5-9H2,1-4H3. The van der Waals surface area contributed by atoms with E-state index >= 15 is 0 Å². The summed E-state index contributed by atoms with van der Waals surface area (Å²) in [5, 5.41) is 7.74. The van der Waals surface area contributed by atoms with Crippen molar-refractivity contribution >= 4 is 5.84 Å². The molecule has 1 unspecified atom stereocenters. The fourth-order valence-electron chi connectivity index (χ4n) is 2.66. The Bertz CT molecular complexity index is 208. The molecule has 2 heteroatoms. The van der Waals surface area contributed by atoms with Gasteiger partial charge in [-0.15, -0.1) is 0 Å². The second-order valence-corrected chi connectivity index (χ2v) is 5.22. The van der Waals surface area contributed by atoms with Gasteiger partial charge >= 0.3 is 0 Å². The highest BCUT2D eigenvalue weighted by atomic mass is 15.2. The minimum atomic E-state index is 0.213. The summed E-state index contributed by atoms with van der Waals surface area (Å²) in [6.07, 6.45) is 5.22. The lowest BCUT2D eigenvalue weighted by atomic mass is 9.93. The van der Waals surface area contributed by atoms with Gasteiger partial charge in [0, 0.05) is 12.1 Å². The Morgan fingerprint density at radius 3 is 2.57 bits per heavy atom. The molecule has 2 nitrogen and oxygen atoms in total. The summed E-state index contributed by atoms with van der Waals surface area (Å²) in [4.78, 5) is 2.26. The molecule has 1 saturated heterocycles. The molecule has 1 fully saturated rings. The van der Waals surface area contributed by atoms with Crippen molar-refractivity contribution in [2.75, 3.05) is 6.54 Å². The summed E-state index contributed by atoms with van der Waals surface area (Å²) >= 11 is 0. The lowest BCUT2D eigenvalue weighted by molar-refractivity contribution is 0.279. The van der Waals surface area contributed by atoms with Gasteiger partial charge in [0.2, 0.25) is 0 Å². The minimum Gasteiger partial charge on any atom is -0.355 e. The minimum absolute atomic E-state index is 0.213. The van der Waals surface area contributed by atoms with Crippen molar-refractivity contribution in [2.45, 2.75) is 58.9 Å². The van der Waals surface area contributed by atoms with Gasteiger partial charge in [0.15, 0.2) is 0 Å². The van der Waals surface area contributed by atoms with E-state index in [9.17, 15) is 0 Å². The quantitative estimate of drug-likeness (QED) is 0.544. The van der Waals surface area contributed by atoms with Gasteiger partial charge in [-0.25, -0.2) is 0 Å². The largest absolute Gasteiger partial charge is 0.355 e. The lowest BCUT2D eigenvalue weighted by Crippen LogP contribution is -2.40. The SMILES string of the molecule is CCCCC1CN(C(C)=N)C(C)(C)C1. The molecular formula is C12H24N2. The number of rotatable bonds is 3. The number of hydrogen-bond acceptors (Lipinski definition) is 1. The van der Waals surface area contributed by atoms with Crippen LogP contribution in [0.3, 0.4) is 0 Å². The number of nitrogens with zero attached hydrogens (tertiary/aromatic N) is 1. The van der Waals surface area contributed by atoms with Crippen LogP contribution in [0, 0.1) is 11.3 Å². The van der Waals surface area contributed by atoms with Crippen LogP contribution in [-0.4, -0.2) is 22.8 Å². The first-order valence-corrected chi connectivity index (χ1v) is 5.80. The molecule has 0 radical (unpaired) electrons. The third kappa shape index (κ3) is 2.49. The maximum Gasteiger partial charge on any atom is 0.0930 e. The second kappa shape index (κ2) is 4.33. The zero-order chi connectivity index (χ0) is 10.8. The summed E-state index contributed by atoms with van der Waals surface area (Å²) in [5.41, 5.74) is 0.213. The van der Waals surface area contributed by atoms with Crippen LogP contribution in [0.25, 0.3) is 0 Å². The molecule has 1 rings (SSSR count). The molecule has 1 aliphatic heterocycles. The molecule has 0 aromatic rings. The molecule has 1 aliphatic rings. The molecule has 1 atom stereocenters. The number of likely N-dealkylation sites (tertiary alicyclic amines) is 1. The highest BCUT2D eigenvalue weighted by Crippen LogP contribution is 2.35. The van der Waals surface area contributed by atoms with Crippen molar-refractivity contribution in [3.8, 4) is 0 Å². The first-order chi connectivity index (χ1) is 6.47. The molecule has 0 spiro atoms. The van der Waals surface area contributed by atoms with Gasteiger partial charge in [-0.2, -0.15) is 0 Å². The van der Waals surface area contributed by atoms with E-state index in [-0.39, 0.29) is 5.54 Å². The van der Waals surface area contributed by atoms with E-state index in [2.05, 4.69) is 25.7 Å². The molecule has 0 aliphatic carbocycles. The van der Waals surface area contributed by atoms with Crippen molar-refractivity contribution < 1.29 is 0 Å². The Labute approximate surface area is 88.2 Å². The van der Waals surface area contributed by atoms with E-state index in [1.807, 2.05) is 6.92 Å². The molecule has 0 saturated carbocycles. The third-order valence-electron chi connectivity index (χ3n) is 3.33. The summed E-state index contributed by atoms with van der Waals surface area (Å²) in [5.74, 6) is 1.54. The van der Waals surface area contributed by atoms with Crippen LogP contribution in [-0.2, 0) is 0 Å². The van der Waals surface area contributed by atoms with Gasteiger partial charge in [-0.05, 0) is 39.5 Å². The zero-order valence-electron chi connectivity index (χ0n) is 10.1. The molecule has 0 aromatic heterocycles. The van der Waals surface area contributed by atoms with E-state index in [4.69, 9.17) is 5.41 Å². The molecule has 1 heterocycles. The summed E-state index contributed by atoms with van der Waals surface area (Å²) in [6.45, 7) is 9.78. The Morgan fingerprint density at radius 2 is 2.14 bits per heavy atom. The second-order valence-electron chi connectivity index (χ2n) is 5.22. The average molecular weight is 196 g/mol. The molecule has 82 valence electrons. The lowest BCUT2D eigenvalue weighted by Gasteiger charge is -2.32. The average Bonchev–Trinajstić information content (AvgIpc) is 2.37. The number of hydrogen-bond donors (Lipinski definition) is 1. The van der Waals surface area contributed by atoms with Crippen molar-refractivity contribution in [1.82, 2.24) is 4.90 Å². The topological polar surface area (TPSA) is 27.1 Å². The monoisotopic (exact) mass is 196 g/mol. The van der Waals surface area contributed by atoms with Crippen LogP contribution >= 0.6 is 0 Å². The molecular weight excluding hydrogens is 172 g/mol. The maximum absolute atomic E-state index is 7.74. The number of amidine groups is 1. The van der Waals surface area contributed by atoms with E-state index in [0.29, 0.717) is 0 Å². The van der Waals surface area contributed by atoms with Gasteiger partial charge < -0.3 is 4.90 Å². The predicted molar refractivity (Wildman–Crippen MR) is 61.8 cm³/mol. The van der Waals surface area contributed by atoms with Crippen molar-refractivity contribution in [3.63, 3.8) is 0 Å². The van der Waals surface area contributed by atoms with E-state index in [1.54, 1.807) is 0 Å². The van der Waals surface area contributed by atoms with Crippen molar-refractivity contribution in [2.24, 2.45) is 5.92 Å². The molecule has 1 N–H and O–H groups in total. The molecule has 14 heavy (non-hydrogen) atoms. The Kier molecular flexibility index (Phi) is 3.57. The Hall–Kier alpha value is -0.530. The van der Waals surface area contributed by atoms with Crippen molar-refractivity contribution in [1.29, 1.82) is 5.41 Å². The first kappa shape index (κ1) is 11.5. The highest BCUT2D eigenvalue weighted by Gasteiger charge is 2.37. The van der Waals surface area contributed by atoms with Gasteiger partial charge in [-0.3, -0.25) is 5.41 Å².